The van der Waals surface area contributed by atoms with Gasteiger partial charge in [-0.3, -0.25) is 0 Å². The SMILES string of the molecule is CCO[Si](C)(C)C(C)N([Si](C)(C)C)[Si](C)(C)C. The molecule has 0 fully saturated rings. The molecule has 1 atom stereocenters. The Hall–Kier alpha value is 0.571. The van der Waals surface area contributed by atoms with E-state index in [-0.39, 0.29) is 0 Å². The number of nitrogens with zero attached hydrogens (tertiary/aromatic N) is 1. The molecule has 0 saturated heterocycles. The van der Waals surface area contributed by atoms with E-state index < -0.39 is 24.8 Å². The molecular weight excluding hydrogens is 258 g/mol. The van der Waals surface area contributed by atoms with Gasteiger partial charge in [0.2, 0.25) is 8.32 Å². The minimum atomic E-state index is -1.59. The van der Waals surface area contributed by atoms with Gasteiger partial charge in [-0.25, -0.2) is 0 Å². The molecule has 0 heterocycles. The van der Waals surface area contributed by atoms with E-state index in [0.29, 0.717) is 5.67 Å². The zero-order valence-corrected chi connectivity index (χ0v) is 16.6. The number of hydrogen-bond acceptors (Lipinski definition) is 2. The average molecular weight is 292 g/mol. The van der Waals surface area contributed by atoms with Gasteiger partial charge in [0.1, 0.15) is 16.5 Å². The average Bonchev–Trinajstić information content (AvgIpc) is 1.97. The molecule has 0 amide bonds. The third-order valence-electron chi connectivity index (χ3n) is 3.36. The monoisotopic (exact) mass is 291 g/mol. The highest BCUT2D eigenvalue weighted by molar-refractivity contribution is 6.91. The Kier molecular flexibility index (Phi) is 5.88. The minimum absolute atomic E-state index is 0.626. The molecule has 0 saturated carbocycles. The molecule has 0 aliphatic rings. The van der Waals surface area contributed by atoms with Crippen LogP contribution < -0.4 is 0 Å². The summed E-state index contributed by atoms with van der Waals surface area (Å²) in [6.07, 6.45) is 0. The van der Waals surface area contributed by atoms with Gasteiger partial charge >= 0.3 is 0 Å². The lowest BCUT2D eigenvalue weighted by atomic mass is 10.8. The van der Waals surface area contributed by atoms with Gasteiger partial charge in [-0.1, -0.05) is 46.2 Å². The quantitative estimate of drug-likeness (QED) is 0.682. The summed E-state index contributed by atoms with van der Waals surface area (Å²) in [6, 6.07) is 0. The van der Waals surface area contributed by atoms with Crippen molar-refractivity contribution >= 4 is 24.8 Å². The molecule has 0 aliphatic carbocycles. The van der Waals surface area contributed by atoms with Gasteiger partial charge in [-0.15, -0.1) is 0 Å². The Morgan fingerprint density at radius 2 is 1.24 bits per heavy atom. The summed E-state index contributed by atoms with van der Waals surface area (Å²) in [5.74, 6) is 0. The van der Waals surface area contributed by atoms with Crippen molar-refractivity contribution in [2.75, 3.05) is 6.61 Å². The van der Waals surface area contributed by atoms with Gasteiger partial charge in [-0.2, -0.15) is 0 Å². The van der Waals surface area contributed by atoms with Gasteiger partial charge in [0, 0.05) is 12.3 Å². The van der Waals surface area contributed by atoms with Crippen LogP contribution in [0, 0.1) is 0 Å². The molecule has 0 rings (SSSR count). The fourth-order valence-corrected chi connectivity index (χ4v) is 19.1. The van der Waals surface area contributed by atoms with E-state index in [0.717, 1.165) is 6.61 Å². The molecule has 0 N–H and O–H groups in total. The van der Waals surface area contributed by atoms with Crippen LogP contribution in [-0.2, 0) is 4.43 Å². The van der Waals surface area contributed by atoms with E-state index in [1.165, 1.54) is 0 Å². The molecule has 0 radical (unpaired) electrons. The van der Waals surface area contributed by atoms with Crippen molar-refractivity contribution < 1.29 is 4.43 Å². The van der Waals surface area contributed by atoms with Crippen molar-refractivity contribution in [1.82, 2.24) is 4.23 Å². The Morgan fingerprint density at radius 1 is 0.882 bits per heavy atom. The van der Waals surface area contributed by atoms with Crippen LogP contribution in [0.15, 0.2) is 0 Å². The van der Waals surface area contributed by atoms with Crippen LogP contribution in [0.25, 0.3) is 0 Å². The Balaban J connectivity index is 5.22. The molecule has 2 nitrogen and oxygen atoms in total. The molecular formula is C12H33NOSi3. The van der Waals surface area contributed by atoms with E-state index >= 15 is 0 Å². The first-order valence-electron chi connectivity index (χ1n) is 6.77. The van der Waals surface area contributed by atoms with Crippen LogP contribution in [0.2, 0.25) is 52.4 Å². The lowest BCUT2D eigenvalue weighted by molar-refractivity contribution is 0.308. The molecule has 0 aromatic heterocycles. The van der Waals surface area contributed by atoms with E-state index in [9.17, 15) is 0 Å². The minimum Gasteiger partial charge on any atom is -0.416 e. The summed E-state index contributed by atoms with van der Waals surface area (Å²) in [7, 11) is -4.14. The second-order valence-electron chi connectivity index (χ2n) is 7.42. The van der Waals surface area contributed by atoms with Gasteiger partial charge in [0.15, 0.2) is 0 Å². The maximum absolute atomic E-state index is 6.10. The zero-order chi connectivity index (χ0) is 14.1. The first kappa shape index (κ1) is 17.6. The van der Waals surface area contributed by atoms with E-state index in [1.54, 1.807) is 0 Å². The predicted octanol–water partition coefficient (Wildman–Crippen LogP) is 4.13. The maximum atomic E-state index is 6.10. The molecule has 1 unspecified atom stereocenters. The molecule has 0 spiro atoms. The van der Waals surface area contributed by atoms with Crippen LogP contribution in [0.1, 0.15) is 13.8 Å². The third kappa shape index (κ3) is 4.98. The summed E-state index contributed by atoms with van der Waals surface area (Å²) < 4.78 is 8.99. The summed E-state index contributed by atoms with van der Waals surface area (Å²) in [6.45, 7) is 24.9. The van der Waals surface area contributed by atoms with Crippen molar-refractivity contribution in [3.8, 4) is 0 Å². The Morgan fingerprint density at radius 3 is 1.47 bits per heavy atom. The van der Waals surface area contributed by atoms with Crippen molar-refractivity contribution in [2.45, 2.75) is 71.9 Å². The lowest BCUT2D eigenvalue weighted by Crippen LogP contribution is -2.68. The predicted molar refractivity (Wildman–Crippen MR) is 87.1 cm³/mol. The maximum Gasteiger partial charge on any atom is 0.201 e. The van der Waals surface area contributed by atoms with E-state index in [2.05, 4.69) is 70.5 Å². The van der Waals surface area contributed by atoms with Gasteiger partial charge < -0.3 is 8.66 Å². The van der Waals surface area contributed by atoms with Crippen molar-refractivity contribution in [3.05, 3.63) is 0 Å². The Labute approximate surface area is 112 Å². The van der Waals surface area contributed by atoms with Gasteiger partial charge in [0.25, 0.3) is 0 Å². The lowest BCUT2D eigenvalue weighted by Gasteiger charge is -2.51. The molecule has 0 aromatic carbocycles. The molecule has 104 valence electrons. The van der Waals surface area contributed by atoms with Crippen LogP contribution in [0.4, 0.5) is 0 Å². The van der Waals surface area contributed by atoms with Gasteiger partial charge in [-0.05, 0) is 20.0 Å². The fraction of sp³-hybridized carbons (Fsp3) is 1.00. The Bertz CT molecular complexity index is 229. The van der Waals surface area contributed by atoms with Crippen LogP contribution in [0.3, 0.4) is 0 Å². The van der Waals surface area contributed by atoms with E-state index in [1.807, 2.05) is 0 Å². The standard InChI is InChI=1S/C12H33NOSi3/c1-11-14-17(9,10)12(2)13(15(3,4)5)16(6,7)8/h12H,11H2,1-10H3. The van der Waals surface area contributed by atoms with Crippen LogP contribution in [-0.4, -0.2) is 41.3 Å². The number of hydrogen-bond donors (Lipinski definition) is 0. The smallest absolute Gasteiger partial charge is 0.201 e. The first-order valence-corrected chi connectivity index (χ1v) is 16.7. The normalized spacial score (nSPS) is 16.4. The summed E-state index contributed by atoms with van der Waals surface area (Å²) >= 11 is 0. The highest BCUT2D eigenvalue weighted by Gasteiger charge is 2.44. The molecule has 0 aliphatic heterocycles. The van der Waals surface area contributed by atoms with Crippen LogP contribution >= 0.6 is 0 Å². The highest BCUT2D eigenvalue weighted by Crippen LogP contribution is 2.28. The summed E-state index contributed by atoms with van der Waals surface area (Å²) in [4.78, 5) is 0. The summed E-state index contributed by atoms with van der Waals surface area (Å²) in [5.41, 5.74) is 0.626. The molecule has 0 bridgehead atoms. The topological polar surface area (TPSA) is 12.5 Å². The molecule has 0 aromatic rings. The summed E-state index contributed by atoms with van der Waals surface area (Å²) in [5, 5.41) is 0. The second kappa shape index (κ2) is 5.69. The van der Waals surface area contributed by atoms with E-state index in [4.69, 9.17) is 4.43 Å². The van der Waals surface area contributed by atoms with Crippen molar-refractivity contribution in [2.24, 2.45) is 0 Å². The second-order valence-corrected chi connectivity index (χ2v) is 21.8. The third-order valence-corrected chi connectivity index (χ3v) is 14.9. The van der Waals surface area contributed by atoms with Gasteiger partial charge in [0.05, 0.1) is 0 Å². The highest BCUT2D eigenvalue weighted by atomic mass is 28.4. The van der Waals surface area contributed by atoms with Crippen LogP contribution in [0.5, 0.6) is 0 Å². The number of rotatable bonds is 6. The largest absolute Gasteiger partial charge is 0.416 e. The van der Waals surface area contributed by atoms with Crippen molar-refractivity contribution in [1.29, 1.82) is 0 Å². The fourth-order valence-electron chi connectivity index (χ4n) is 2.97. The molecule has 17 heavy (non-hydrogen) atoms. The molecule has 5 heteroatoms. The first-order chi connectivity index (χ1) is 7.34. The van der Waals surface area contributed by atoms with Crippen molar-refractivity contribution in [3.63, 3.8) is 0 Å². The zero-order valence-electron chi connectivity index (χ0n) is 13.6.